The van der Waals surface area contributed by atoms with Gasteiger partial charge in [0.05, 0.1) is 13.2 Å². The highest BCUT2D eigenvalue weighted by molar-refractivity contribution is 7.48. The molecule has 0 bridgehead atoms. The average molecular weight is 513 g/mol. The SMILES string of the molecule is CC(C)(C)[Si](C)(C)OCCc1ccccc1OP(=O)(OCc1ccccc1)OCc1ccccc1. The number of benzene rings is 3. The summed E-state index contributed by atoms with van der Waals surface area (Å²) >= 11 is 0. The summed E-state index contributed by atoms with van der Waals surface area (Å²) in [5.41, 5.74) is 2.67. The Hall–Kier alpha value is -2.21. The topological polar surface area (TPSA) is 54.0 Å². The normalized spacial score (nSPS) is 12.5. The average Bonchev–Trinajstić information content (AvgIpc) is 2.83. The summed E-state index contributed by atoms with van der Waals surface area (Å²) in [6.45, 7) is 11.9. The van der Waals surface area contributed by atoms with Crippen molar-refractivity contribution in [3.63, 3.8) is 0 Å². The zero-order valence-corrected chi connectivity index (χ0v) is 23.3. The monoisotopic (exact) mass is 512 g/mol. The van der Waals surface area contributed by atoms with Crippen LogP contribution in [0.4, 0.5) is 0 Å². The van der Waals surface area contributed by atoms with Crippen molar-refractivity contribution in [3.8, 4) is 5.75 Å². The van der Waals surface area contributed by atoms with Gasteiger partial charge in [0.2, 0.25) is 0 Å². The molecule has 0 spiro atoms. The highest BCUT2D eigenvalue weighted by Crippen LogP contribution is 2.51. The van der Waals surface area contributed by atoms with Crippen LogP contribution in [0.25, 0.3) is 0 Å². The van der Waals surface area contributed by atoms with Crippen LogP contribution in [0.2, 0.25) is 18.1 Å². The zero-order valence-electron chi connectivity index (χ0n) is 21.4. The molecule has 0 N–H and O–H groups in total. The van der Waals surface area contributed by atoms with Crippen molar-refractivity contribution in [2.75, 3.05) is 6.61 Å². The van der Waals surface area contributed by atoms with Crippen LogP contribution in [-0.2, 0) is 37.7 Å². The van der Waals surface area contributed by atoms with Gasteiger partial charge in [-0.2, -0.15) is 0 Å². The van der Waals surface area contributed by atoms with Crippen LogP contribution < -0.4 is 4.52 Å². The maximum atomic E-state index is 13.8. The van der Waals surface area contributed by atoms with Crippen molar-refractivity contribution in [3.05, 3.63) is 102 Å². The Morgan fingerprint density at radius 1 is 0.743 bits per heavy atom. The van der Waals surface area contributed by atoms with E-state index in [1.165, 1.54) is 0 Å². The molecule has 0 aliphatic heterocycles. The van der Waals surface area contributed by atoms with E-state index in [0.717, 1.165) is 16.7 Å². The van der Waals surface area contributed by atoms with E-state index < -0.39 is 16.1 Å². The molecule has 7 heteroatoms. The summed E-state index contributed by atoms with van der Waals surface area (Å²) in [5, 5.41) is 0.134. The van der Waals surface area contributed by atoms with Crippen molar-refractivity contribution in [1.82, 2.24) is 0 Å². The first-order valence-corrected chi connectivity index (χ1v) is 16.3. The fourth-order valence-electron chi connectivity index (χ4n) is 3.10. The standard InChI is InChI=1S/C28H37O5PSi/c1-28(2,3)35(4,5)32-21-20-26-18-12-13-19-27(26)33-34(29,30-22-24-14-8-6-9-15-24)31-23-25-16-10-7-11-17-25/h6-19H,20-23H2,1-5H3. The van der Waals surface area contributed by atoms with Gasteiger partial charge in [0.15, 0.2) is 8.32 Å². The van der Waals surface area contributed by atoms with Crippen molar-refractivity contribution in [2.24, 2.45) is 0 Å². The van der Waals surface area contributed by atoms with Gasteiger partial charge in [-0.25, -0.2) is 4.57 Å². The highest BCUT2D eigenvalue weighted by Gasteiger charge is 2.37. The molecule has 0 saturated heterocycles. The molecule has 0 aliphatic rings. The molecule has 0 radical (unpaired) electrons. The van der Waals surface area contributed by atoms with Crippen molar-refractivity contribution < 1.29 is 22.6 Å². The molecule has 0 aromatic heterocycles. The number of hydrogen-bond donors (Lipinski definition) is 0. The third-order valence-electron chi connectivity index (χ3n) is 6.29. The lowest BCUT2D eigenvalue weighted by Crippen LogP contribution is -2.41. The van der Waals surface area contributed by atoms with Crippen LogP contribution in [-0.4, -0.2) is 14.9 Å². The first kappa shape index (κ1) is 27.4. The number of rotatable bonds is 12. The lowest BCUT2D eigenvalue weighted by Gasteiger charge is -2.36. The van der Waals surface area contributed by atoms with E-state index in [1.807, 2.05) is 78.9 Å². The summed E-state index contributed by atoms with van der Waals surface area (Å²) in [7, 11) is -5.79. The van der Waals surface area contributed by atoms with Crippen molar-refractivity contribution in [2.45, 2.75) is 58.5 Å². The maximum absolute atomic E-state index is 13.8. The molecular formula is C28H37O5PSi. The Kier molecular flexibility index (Phi) is 9.51. The number of hydrogen-bond acceptors (Lipinski definition) is 5. The minimum Gasteiger partial charge on any atom is -0.416 e. The van der Waals surface area contributed by atoms with Gasteiger partial charge in [-0.3, -0.25) is 9.05 Å². The molecule has 0 heterocycles. The van der Waals surface area contributed by atoms with Gasteiger partial charge in [0.1, 0.15) is 5.75 Å². The minimum absolute atomic E-state index is 0.115. The third-order valence-corrected chi connectivity index (χ3v) is 12.1. The molecular weight excluding hydrogens is 475 g/mol. The number of phosphoric acid groups is 1. The molecule has 3 rings (SSSR count). The van der Waals surface area contributed by atoms with E-state index in [2.05, 4.69) is 33.9 Å². The fourth-order valence-corrected chi connectivity index (χ4v) is 5.36. The van der Waals surface area contributed by atoms with Crippen molar-refractivity contribution in [1.29, 1.82) is 0 Å². The van der Waals surface area contributed by atoms with E-state index in [1.54, 1.807) is 6.07 Å². The predicted molar refractivity (Wildman–Crippen MR) is 144 cm³/mol. The van der Waals surface area contributed by atoms with Crippen LogP contribution in [0, 0.1) is 0 Å². The van der Waals surface area contributed by atoms with Gasteiger partial charge in [-0.1, -0.05) is 99.6 Å². The van der Waals surface area contributed by atoms with Gasteiger partial charge in [-0.15, -0.1) is 0 Å². The van der Waals surface area contributed by atoms with Gasteiger partial charge in [0.25, 0.3) is 0 Å². The summed E-state index contributed by atoms with van der Waals surface area (Å²) in [6, 6.07) is 26.7. The molecule has 0 amide bonds. The zero-order chi connectivity index (χ0) is 25.4. The second kappa shape index (κ2) is 12.2. The van der Waals surface area contributed by atoms with Gasteiger partial charge in [0, 0.05) is 6.61 Å². The quantitative estimate of drug-likeness (QED) is 0.181. The first-order chi connectivity index (χ1) is 16.6. The van der Waals surface area contributed by atoms with E-state index in [9.17, 15) is 4.57 Å². The molecule has 0 atom stereocenters. The number of phosphoric ester groups is 1. The second-order valence-electron chi connectivity index (χ2n) is 10.0. The van der Waals surface area contributed by atoms with Gasteiger partial charge in [-0.05, 0) is 47.3 Å². The Labute approximate surface area is 211 Å². The van der Waals surface area contributed by atoms with Gasteiger partial charge >= 0.3 is 7.82 Å². The summed E-state index contributed by atoms with van der Waals surface area (Å²) in [4.78, 5) is 0. The Morgan fingerprint density at radius 3 is 1.74 bits per heavy atom. The van der Waals surface area contributed by atoms with Crippen LogP contribution in [0.1, 0.15) is 37.5 Å². The Morgan fingerprint density at radius 2 is 1.23 bits per heavy atom. The highest BCUT2D eigenvalue weighted by atomic mass is 31.2. The van der Waals surface area contributed by atoms with E-state index >= 15 is 0 Å². The number of para-hydroxylation sites is 1. The summed E-state index contributed by atoms with van der Waals surface area (Å²) in [5.74, 6) is 0.482. The lowest BCUT2D eigenvalue weighted by molar-refractivity contribution is 0.142. The van der Waals surface area contributed by atoms with Crippen LogP contribution >= 0.6 is 7.82 Å². The Bertz CT molecular complexity index is 1050. The lowest BCUT2D eigenvalue weighted by atomic mass is 10.1. The van der Waals surface area contributed by atoms with Crippen molar-refractivity contribution >= 4 is 16.1 Å². The molecule has 0 saturated carbocycles. The molecule has 35 heavy (non-hydrogen) atoms. The molecule has 0 unspecified atom stereocenters. The van der Waals surface area contributed by atoms with Crippen LogP contribution in [0.15, 0.2) is 84.9 Å². The smallest absolute Gasteiger partial charge is 0.416 e. The fraction of sp³-hybridized carbons (Fsp3) is 0.357. The van der Waals surface area contributed by atoms with Crippen LogP contribution in [0.5, 0.6) is 5.75 Å². The maximum Gasteiger partial charge on any atom is 0.530 e. The molecule has 188 valence electrons. The first-order valence-electron chi connectivity index (χ1n) is 12.0. The Balaban J connectivity index is 1.74. The van der Waals surface area contributed by atoms with E-state index in [4.69, 9.17) is 18.0 Å². The second-order valence-corrected chi connectivity index (χ2v) is 16.4. The van der Waals surface area contributed by atoms with Gasteiger partial charge < -0.3 is 8.95 Å². The molecule has 0 fully saturated rings. The predicted octanol–water partition coefficient (Wildman–Crippen LogP) is 8.17. The molecule has 0 aliphatic carbocycles. The minimum atomic E-state index is -3.92. The summed E-state index contributed by atoms with van der Waals surface area (Å²) in [6.07, 6.45) is 0.639. The van der Waals surface area contributed by atoms with E-state index in [0.29, 0.717) is 18.8 Å². The third kappa shape index (κ3) is 8.45. The molecule has 5 nitrogen and oxygen atoms in total. The van der Waals surface area contributed by atoms with Crippen LogP contribution in [0.3, 0.4) is 0 Å². The summed E-state index contributed by atoms with van der Waals surface area (Å²) < 4.78 is 37.7. The molecule has 3 aromatic carbocycles. The molecule has 3 aromatic rings. The van der Waals surface area contributed by atoms with E-state index in [-0.39, 0.29) is 18.3 Å². The largest absolute Gasteiger partial charge is 0.530 e.